The van der Waals surface area contributed by atoms with Gasteiger partial charge < -0.3 is 10.1 Å². The lowest BCUT2D eigenvalue weighted by Crippen LogP contribution is -2.13. The predicted molar refractivity (Wildman–Crippen MR) is 122 cm³/mol. The van der Waals surface area contributed by atoms with Crippen molar-refractivity contribution in [3.63, 3.8) is 0 Å². The monoisotopic (exact) mass is 398 g/mol. The van der Waals surface area contributed by atoms with E-state index in [1.165, 1.54) is 0 Å². The Morgan fingerprint density at radius 1 is 1.10 bits per heavy atom. The molecule has 0 radical (unpaired) electrons. The number of unbranched alkanes of at least 4 members (excludes halogenated alkanes) is 1. The topological polar surface area (TPSA) is 62.1 Å². The summed E-state index contributed by atoms with van der Waals surface area (Å²) in [6, 6.07) is 19.5. The molecule has 0 aromatic heterocycles. The summed E-state index contributed by atoms with van der Waals surface area (Å²) in [7, 11) is 0. The van der Waals surface area contributed by atoms with Gasteiger partial charge in [-0.25, -0.2) is 0 Å². The maximum Gasteiger partial charge on any atom is 0.266 e. The number of hydrogen-bond acceptors (Lipinski definition) is 3. The van der Waals surface area contributed by atoms with Gasteiger partial charge in [-0.3, -0.25) is 4.79 Å². The second kappa shape index (κ2) is 9.76. The van der Waals surface area contributed by atoms with Crippen LogP contribution in [0.15, 0.2) is 60.2 Å². The van der Waals surface area contributed by atoms with Gasteiger partial charge in [-0.2, -0.15) is 5.26 Å². The molecule has 1 N–H and O–H groups in total. The van der Waals surface area contributed by atoms with Gasteiger partial charge in [0.25, 0.3) is 5.91 Å². The van der Waals surface area contributed by atoms with Crippen LogP contribution in [0, 0.1) is 25.2 Å². The molecule has 4 heteroatoms. The van der Waals surface area contributed by atoms with E-state index >= 15 is 0 Å². The number of benzene rings is 3. The molecule has 0 fully saturated rings. The first-order valence-corrected chi connectivity index (χ1v) is 10.2. The van der Waals surface area contributed by atoms with Crippen molar-refractivity contribution in [3.8, 4) is 11.8 Å². The van der Waals surface area contributed by atoms with Gasteiger partial charge >= 0.3 is 0 Å². The fourth-order valence-corrected chi connectivity index (χ4v) is 3.19. The molecule has 30 heavy (non-hydrogen) atoms. The summed E-state index contributed by atoms with van der Waals surface area (Å²) >= 11 is 0. The second-order valence-electron chi connectivity index (χ2n) is 7.32. The van der Waals surface area contributed by atoms with Crippen molar-refractivity contribution < 1.29 is 9.53 Å². The van der Waals surface area contributed by atoms with E-state index in [0.717, 1.165) is 40.3 Å². The predicted octanol–water partition coefficient (Wildman–Crippen LogP) is 6.18. The van der Waals surface area contributed by atoms with Gasteiger partial charge in [-0.1, -0.05) is 49.7 Å². The maximum absolute atomic E-state index is 12.8. The third-order valence-corrected chi connectivity index (χ3v) is 5.10. The minimum atomic E-state index is -0.437. The molecule has 4 nitrogen and oxygen atoms in total. The third kappa shape index (κ3) is 4.87. The molecule has 0 saturated carbocycles. The van der Waals surface area contributed by atoms with Gasteiger partial charge in [-0.05, 0) is 66.4 Å². The Labute approximate surface area is 177 Å². The molecular weight excluding hydrogens is 372 g/mol. The van der Waals surface area contributed by atoms with Crippen molar-refractivity contribution in [3.05, 3.63) is 76.9 Å². The van der Waals surface area contributed by atoms with Crippen LogP contribution in [-0.4, -0.2) is 12.5 Å². The zero-order chi connectivity index (χ0) is 21.5. The second-order valence-corrected chi connectivity index (χ2v) is 7.32. The number of hydrogen-bond donors (Lipinski definition) is 1. The Hall–Kier alpha value is -3.58. The van der Waals surface area contributed by atoms with Crippen molar-refractivity contribution in [1.29, 1.82) is 5.26 Å². The van der Waals surface area contributed by atoms with Crippen LogP contribution < -0.4 is 10.1 Å². The molecule has 3 aromatic rings. The number of nitriles is 1. The van der Waals surface area contributed by atoms with Crippen LogP contribution in [0.5, 0.6) is 5.75 Å². The average Bonchev–Trinajstić information content (AvgIpc) is 2.75. The van der Waals surface area contributed by atoms with Crippen LogP contribution in [0.2, 0.25) is 0 Å². The smallest absolute Gasteiger partial charge is 0.266 e. The molecule has 1 amide bonds. The van der Waals surface area contributed by atoms with Crippen LogP contribution in [0.1, 0.15) is 36.5 Å². The zero-order valence-electron chi connectivity index (χ0n) is 17.7. The van der Waals surface area contributed by atoms with Crippen LogP contribution in [0.3, 0.4) is 0 Å². The number of rotatable bonds is 7. The maximum atomic E-state index is 12.8. The van der Waals surface area contributed by atoms with E-state index in [0.29, 0.717) is 18.0 Å². The quantitative estimate of drug-likeness (QED) is 0.294. The molecule has 0 unspecified atom stereocenters. The van der Waals surface area contributed by atoms with Gasteiger partial charge in [-0.15, -0.1) is 0 Å². The average molecular weight is 399 g/mol. The third-order valence-electron chi connectivity index (χ3n) is 5.10. The minimum absolute atomic E-state index is 0.0323. The molecule has 3 rings (SSSR count). The first-order valence-electron chi connectivity index (χ1n) is 10.2. The summed E-state index contributed by atoms with van der Waals surface area (Å²) in [5, 5.41) is 14.5. The number of ether oxygens (including phenoxy) is 1. The molecule has 0 heterocycles. The molecule has 0 aliphatic heterocycles. The molecule has 0 aliphatic rings. The Balaban J connectivity index is 1.98. The standard InChI is InChI=1S/C26H26N2O2/c1-4-5-14-30-25-13-11-20-8-6-7-9-23(20)24(25)16-21(17-27)26(29)28-22-12-10-18(2)19(3)15-22/h6-13,15-16H,4-5,14H2,1-3H3,(H,28,29)/b21-16+. The highest BCUT2D eigenvalue weighted by Gasteiger charge is 2.14. The Kier molecular flexibility index (Phi) is 6.87. The van der Waals surface area contributed by atoms with Crippen LogP contribution in [0.25, 0.3) is 16.8 Å². The van der Waals surface area contributed by atoms with Gasteiger partial charge in [0.15, 0.2) is 0 Å². The lowest BCUT2D eigenvalue weighted by atomic mass is 10.0. The highest BCUT2D eigenvalue weighted by Crippen LogP contribution is 2.30. The number of anilines is 1. The SMILES string of the molecule is CCCCOc1ccc2ccccc2c1/C=C(\C#N)C(=O)Nc1ccc(C)c(C)c1. The number of carbonyl (C=O) groups is 1. The van der Waals surface area contributed by atoms with Gasteiger partial charge in [0.1, 0.15) is 17.4 Å². The van der Waals surface area contributed by atoms with E-state index in [2.05, 4.69) is 12.2 Å². The number of amides is 1. The molecular formula is C26H26N2O2. The zero-order valence-corrected chi connectivity index (χ0v) is 17.7. The Bertz CT molecular complexity index is 1140. The fraction of sp³-hybridized carbons (Fsp3) is 0.231. The van der Waals surface area contributed by atoms with Crippen molar-refractivity contribution in [2.24, 2.45) is 0 Å². The highest BCUT2D eigenvalue weighted by molar-refractivity contribution is 6.11. The molecule has 3 aromatic carbocycles. The Morgan fingerprint density at radius 3 is 2.63 bits per heavy atom. The summed E-state index contributed by atoms with van der Waals surface area (Å²) in [4.78, 5) is 12.8. The summed E-state index contributed by atoms with van der Waals surface area (Å²) < 4.78 is 5.97. The molecule has 0 spiro atoms. The van der Waals surface area contributed by atoms with Gasteiger partial charge in [0, 0.05) is 11.3 Å². The molecule has 0 atom stereocenters. The van der Waals surface area contributed by atoms with Gasteiger partial charge in [0.05, 0.1) is 6.61 Å². The lowest BCUT2D eigenvalue weighted by Gasteiger charge is -2.13. The molecule has 152 valence electrons. The van der Waals surface area contributed by atoms with Crippen molar-refractivity contribution in [2.75, 3.05) is 11.9 Å². The number of aryl methyl sites for hydroxylation is 2. The minimum Gasteiger partial charge on any atom is -0.493 e. The van der Waals surface area contributed by atoms with Crippen LogP contribution in [-0.2, 0) is 4.79 Å². The highest BCUT2D eigenvalue weighted by atomic mass is 16.5. The van der Waals surface area contributed by atoms with Crippen molar-refractivity contribution in [2.45, 2.75) is 33.6 Å². The number of fused-ring (bicyclic) bond motifs is 1. The summed E-state index contributed by atoms with van der Waals surface area (Å²) in [5.74, 6) is 0.238. The molecule has 0 aliphatic carbocycles. The van der Waals surface area contributed by atoms with Crippen molar-refractivity contribution in [1.82, 2.24) is 0 Å². The van der Waals surface area contributed by atoms with Crippen molar-refractivity contribution >= 4 is 28.4 Å². The summed E-state index contributed by atoms with van der Waals surface area (Å²) in [6.07, 6.45) is 3.59. The molecule has 0 bridgehead atoms. The fourth-order valence-electron chi connectivity index (χ4n) is 3.19. The number of carbonyl (C=O) groups excluding carboxylic acids is 1. The largest absolute Gasteiger partial charge is 0.493 e. The van der Waals surface area contributed by atoms with Crippen LogP contribution >= 0.6 is 0 Å². The number of nitrogens with one attached hydrogen (secondary N) is 1. The van der Waals surface area contributed by atoms with E-state index in [-0.39, 0.29) is 5.57 Å². The van der Waals surface area contributed by atoms with E-state index < -0.39 is 5.91 Å². The van der Waals surface area contributed by atoms with E-state index in [1.807, 2.05) is 74.5 Å². The Morgan fingerprint density at radius 2 is 1.90 bits per heavy atom. The van der Waals surface area contributed by atoms with E-state index in [4.69, 9.17) is 4.74 Å². The van der Waals surface area contributed by atoms with Gasteiger partial charge in [0.2, 0.25) is 0 Å². The normalized spacial score (nSPS) is 11.2. The summed E-state index contributed by atoms with van der Waals surface area (Å²) in [5.41, 5.74) is 3.67. The summed E-state index contributed by atoms with van der Waals surface area (Å²) in [6.45, 7) is 6.70. The first-order chi connectivity index (χ1) is 14.5. The lowest BCUT2D eigenvalue weighted by molar-refractivity contribution is -0.112. The first kappa shape index (κ1) is 21.1. The molecule has 0 saturated heterocycles. The van der Waals surface area contributed by atoms with E-state index in [9.17, 15) is 10.1 Å². The number of nitrogens with zero attached hydrogens (tertiary/aromatic N) is 1. The van der Waals surface area contributed by atoms with E-state index in [1.54, 1.807) is 6.08 Å². The van der Waals surface area contributed by atoms with Crippen LogP contribution in [0.4, 0.5) is 5.69 Å².